The molecule has 9 nitrogen and oxygen atoms in total. The summed E-state index contributed by atoms with van der Waals surface area (Å²) in [6.07, 6.45) is 1.60. The molecule has 0 spiro atoms. The van der Waals surface area contributed by atoms with Crippen LogP contribution in [0.3, 0.4) is 0 Å². The predicted molar refractivity (Wildman–Crippen MR) is 115 cm³/mol. The highest BCUT2D eigenvalue weighted by Gasteiger charge is 2.22. The molecule has 0 bridgehead atoms. The molecule has 3 aromatic rings. The lowest BCUT2D eigenvalue weighted by molar-refractivity contribution is -0.133. The quantitative estimate of drug-likeness (QED) is 0.652. The zero-order chi connectivity index (χ0) is 21.6. The molecule has 4 rings (SSSR count). The average Bonchev–Trinajstić information content (AvgIpc) is 3.33. The van der Waals surface area contributed by atoms with Gasteiger partial charge in [0.2, 0.25) is 5.91 Å². The SMILES string of the molecule is CC(=O)Nc1cccc(OCC(=O)N2CCN(c3ccc(-c4ccco4)nn3)CC2)c1. The number of ether oxygens (including phenoxy) is 1. The van der Waals surface area contributed by atoms with E-state index in [1.807, 2.05) is 24.3 Å². The second kappa shape index (κ2) is 9.29. The molecule has 1 aromatic carbocycles. The van der Waals surface area contributed by atoms with E-state index in [1.165, 1.54) is 6.92 Å². The molecule has 1 fully saturated rings. The Hall–Kier alpha value is -3.88. The van der Waals surface area contributed by atoms with E-state index in [2.05, 4.69) is 20.4 Å². The Morgan fingerprint density at radius 1 is 1.06 bits per heavy atom. The van der Waals surface area contributed by atoms with Crippen molar-refractivity contribution in [2.24, 2.45) is 0 Å². The Balaban J connectivity index is 1.27. The Morgan fingerprint density at radius 3 is 2.58 bits per heavy atom. The number of furan rings is 1. The number of anilines is 2. The van der Waals surface area contributed by atoms with Crippen molar-refractivity contribution in [1.29, 1.82) is 0 Å². The van der Waals surface area contributed by atoms with Crippen LogP contribution in [0, 0.1) is 0 Å². The zero-order valence-electron chi connectivity index (χ0n) is 17.2. The number of carbonyl (C=O) groups is 2. The van der Waals surface area contributed by atoms with Gasteiger partial charge in [-0.2, -0.15) is 0 Å². The van der Waals surface area contributed by atoms with Crippen LogP contribution in [-0.2, 0) is 9.59 Å². The van der Waals surface area contributed by atoms with Crippen molar-refractivity contribution in [3.8, 4) is 17.2 Å². The first-order valence-electron chi connectivity index (χ1n) is 9.99. The summed E-state index contributed by atoms with van der Waals surface area (Å²) in [6, 6.07) is 14.4. The Labute approximate surface area is 179 Å². The van der Waals surface area contributed by atoms with Crippen molar-refractivity contribution in [2.45, 2.75) is 6.92 Å². The topological polar surface area (TPSA) is 101 Å². The summed E-state index contributed by atoms with van der Waals surface area (Å²) in [5.41, 5.74) is 1.31. The average molecular weight is 421 g/mol. The number of piperazine rings is 1. The minimum Gasteiger partial charge on any atom is -0.484 e. The molecule has 1 saturated heterocycles. The molecule has 0 unspecified atom stereocenters. The summed E-state index contributed by atoms with van der Waals surface area (Å²) in [4.78, 5) is 27.6. The van der Waals surface area contributed by atoms with E-state index in [1.54, 1.807) is 35.4 Å². The number of nitrogens with zero attached hydrogens (tertiary/aromatic N) is 4. The molecule has 0 atom stereocenters. The van der Waals surface area contributed by atoms with E-state index in [4.69, 9.17) is 9.15 Å². The number of rotatable bonds is 6. The van der Waals surface area contributed by atoms with Gasteiger partial charge in [-0.15, -0.1) is 10.2 Å². The zero-order valence-corrected chi connectivity index (χ0v) is 17.2. The highest BCUT2D eigenvalue weighted by atomic mass is 16.5. The van der Waals surface area contributed by atoms with Gasteiger partial charge in [-0.05, 0) is 36.4 Å². The summed E-state index contributed by atoms with van der Waals surface area (Å²) in [5, 5.41) is 11.2. The maximum absolute atomic E-state index is 12.5. The van der Waals surface area contributed by atoms with Crippen LogP contribution in [0.1, 0.15) is 6.92 Å². The highest BCUT2D eigenvalue weighted by Crippen LogP contribution is 2.20. The summed E-state index contributed by atoms with van der Waals surface area (Å²) in [5.74, 6) is 1.74. The molecule has 0 radical (unpaired) electrons. The molecule has 1 aliphatic rings. The number of carbonyl (C=O) groups excluding carboxylic acids is 2. The third kappa shape index (κ3) is 5.19. The molecular formula is C22H23N5O4. The van der Waals surface area contributed by atoms with Crippen LogP contribution >= 0.6 is 0 Å². The number of amides is 2. The standard InChI is InChI=1S/C22H23N5O4/c1-16(28)23-17-4-2-5-18(14-17)31-15-22(29)27-11-9-26(10-12-27)21-8-7-19(24-25-21)20-6-3-13-30-20/h2-8,13-14H,9-12,15H2,1H3,(H,23,28). The van der Waals surface area contributed by atoms with Crippen LogP contribution in [-0.4, -0.2) is 59.7 Å². The third-order valence-corrected chi connectivity index (χ3v) is 4.90. The number of benzene rings is 1. The molecule has 0 saturated carbocycles. The normalized spacial score (nSPS) is 13.7. The second-order valence-corrected chi connectivity index (χ2v) is 7.12. The van der Waals surface area contributed by atoms with Gasteiger partial charge in [-0.1, -0.05) is 6.07 Å². The van der Waals surface area contributed by atoms with Gasteiger partial charge in [-0.3, -0.25) is 9.59 Å². The maximum Gasteiger partial charge on any atom is 0.260 e. The fraction of sp³-hybridized carbons (Fsp3) is 0.273. The predicted octanol–water partition coefficient (Wildman–Crippen LogP) is 2.42. The molecule has 31 heavy (non-hydrogen) atoms. The molecule has 160 valence electrons. The summed E-state index contributed by atoms with van der Waals surface area (Å²) < 4.78 is 10.9. The van der Waals surface area contributed by atoms with Crippen molar-refractivity contribution >= 4 is 23.3 Å². The first-order valence-corrected chi connectivity index (χ1v) is 9.99. The number of aromatic nitrogens is 2. The van der Waals surface area contributed by atoms with E-state index >= 15 is 0 Å². The fourth-order valence-electron chi connectivity index (χ4n) is 3.34. The summed E-state index contributed by atoms with van der Waals surface area (Å²) in [6.45, 7) is 3.87. The van der Waals surface area contributed by atoms with Crippen molar-refractivity contribution in [1.82, 2.24) is 15.1 Å². The maximum atomic E-state index is 12.5. The van der Waals surface area contributed by atoms with E-state index in [-0.39, 0.29) is 18.4 Å². The Bertz CT molecular complexity index is 1030. The van der Waals surface area contributed by atoms with Crippen molar-refractivity contribution in [2.75, 3.05) is 43.0 Å². The van der Waals surface area contributed by atoms with Crippen LogP contribution < -0.4 is 15.0 Å². The van der Waals surface area contributed by atoms with Crippen molar-refractivity contribution in [3.05, 3.63) is 54.8 Å². The first-order chi connectivity index (χ1) is 15.1. The lowest BCUT2D eigenvalue weighted by Gasteiger charge is -2.35. The monoisotopic (exact) mass is 421 g/mol. The van der Waals surface area contributed by atoms with Gasteiger partial charge in [0.1, 0.15) is 11.4 Å². The van der Waals surface area contributed by atoms with Crippen LogP contribution in [0.15, 0.2) is 59.2 Å². The summed E-state index contributed by atoms with van der Waals surface area (Å²) in [7, 11) is 0. The van der Waals surface area contributed by atoms with Gasteiger partial charge >= 0.3 is 0 Å². The lowest BCUT2D eigenvalue weighted by atomic mass is 10.2. The molecule has 9 heteroatoms. The van der Waals surface area contributed by atoms with Gasteiger partial charge in [0.05, 0.1) is 6.26 Å². The number of hydrogen-bond acceptors (Lipinski definition) is 7. The molecule has 3 heterocycles. The molecule has 1 aliphatic heterocycles. The summed E-state index contributed by atoms with van der Waals surface area (Å²) >= 11 is 0. The van der Waals surface area contributed by atoms with Crippen molar-refractivity contribution in [3.63, 3.8) is 0 Å². The molecular weight excluding hydrogens is 398 g/mol. The van der Waals surface area contributed by atoms with Crippen molar-refractivity contribution < 1.29 is 18.7 Å². The largest absolute Gasteiger partial charge is 0.484 e. The van der Waals surface area contributed by atoms with Gasteiger partial charge in [0.25, 0.3) is 5.91 Å². The van der Waals surface area contributed by atoms with Gasteiger partial charge in [-0.25, -0.2) is 0 Å². The third-order valence-electron chi connectivity index (χ3n) is 4.90. The lowest BCUT2D eigenvalue weighted by Crippen LogP contribution is -2.50. The second-order valence-electron chi connectivity index (χ2n) is 7.12. The van der Waals surface area contributed by atoms with Crippen LogP contribution in [0.25, 0.3) is 11.5 Å². The minimum atomic E-state index is -0.161. The number of nitrogens with one attached hydrogen (secondary N) is 1. The van der Waals surface area contributed by atoms with Crippen LogP contribution in [0.4, 0.5) is 11.5 Å². The van der Waals surface area contributed by atoms with E-state index < -0.39 is 0 Å². The van der Waals surface area contributed by atoms with Crippen LogP contribution in [0.5, 0.6) is 5.75 Å². The fourth-order valence-corrected chi connectivity index (χ4v) is 3.34. The highest BCUT2D eigenvalue weighted by molar-refractivity contribution is 5.88. The molecule has 0 aliphatic carbocycles. The Morgan fingerprint density at radius 2 is 1.90 bits per heavy atom. The van der Waals surface area contributed by atoms with Crippen LogP contribution in [0.2, 0.25) is 0 Å². The van der Waals surface area contributed by atoms with Gasteiger partial charge < -0.3 is 24.3 Å². The van der Waals surface area contributed by atoms with E-state index in [0.717, 1.165) is 5.82 Å². The molecule has 1 N–H and O–H groups in total. The van der Waals surface area contributed by atoms with Gasteiger partial charge in [0, 0.05) is 44.9 Å². The Kier molecular flexibility index (Phi) is 6.11. The molecule has 2 aromatic heterocycles. The minimum absolute atomic E-state index is 0.0544. The smallest absolute Gasteiger partial charge is 0.260 e. The molecule has 2 amide bonds. The van der Waals surface area contributed by atoms with Gasteiger partial charge in [0.15, 0.2) is 18.2 Å². The van der Waals surface area contributed by atoms with E-state index in [9.17, 15) is 9.59 Å². The first kappa shape index (κ1) is 20.4. The number of hydrogen-bond donors (Lipinski definition) is 1. The van der Waals surface area contributed by atoms with E-state index in [0.29, 0.717) is 49.1 Å².